The van der Waals surface area contributed by atoms with E-state index in [9.17, 15) is 24.3 Å². The van der Waals surface area contributed by atoms with Gasteiger partial charge in [-0.1, -0.05) is 39.0 Å². The van der Waals surface area contributed by atoms with Crippen LogP contribution >= 0.6 is 0 Å². The lowest BCUT2D eigenvalue weighted by atomic mass is 9.90. The van der Waals surface area contributed by atoms with E-state index in [1.54, 1.807) is 27.7 Å². The molecule has 1 heterocycles. The van der Waals surface area contributed by atoms with Crippen molar-refractivity contribution in [2.75, 3.05) is 6.61 Å². The number of hydrogen-bond acceptors (Lipinski definition) is 9. The quantitative estimate of drug-likeness (QED) is 0.151. The summed E-state index contributed by atoms with van der Waals surface area (Å²) in [5.74, 6) is -2.63. The van der Waals surface area contributed by atoms with Gasteiger partial charge < -0.3 is 29.0 Å². The van der Waals surface area contributed by atoms with Crippen molar-refractivity contribution < 1.29 is 43.2 Å². The van der Waals surface area contributed by atoms with Crippen molar-refractivity contribution in [3.05, 3.63) is 47.9 Å². The second-order valence-electron chi connectivity index (χ2n) is 9.94. The van der Waals surface area contributed by atoms with Crippen LogP contribution in [-0.2, 0) is 44.5 Å². The van der Waals surface area contributed by atoms with Gasteiger partial charge in [0.25, 0.3) is 0 Å². The van der Waals surface area contributed by atoms with Crippen LogP contribution in [0.2, 0.25) is 0 Å². The third-order valence-corrected chi connectivity index (χ3v) is 6.54. The van der Waals surface area contributed by atoms with Crippen molar-refractivity contribution in [1.82, 2.24) is 4.98 Å². The van der Waals surface area contributed by atoms with Crippen LogP contribution < -0.4 is 0 Å². The number of aliphatic hydroxyl groups is 1. The number of esters is 4. The molecule has 1 aromatic heterocycles. The van der Waals surface area contributed by atoms with Gasteiger partial charge in [0, 0.05) is 36.4 Å². The molecule has 41 heavy (non-hydrogen) atoms. The third-order valence-electron chi connectivity index (χ3n) is 6.54. The zero-order valence-electron chi connectivity index (χ0n) is 24.7. The van der Waals surface area contributed by atoms with Crippen LogP contribution in [0.1, 0.15) is 85.1 Å². The molecular weight excluding hydrogens is 530 g/mol. The molecule has 0 saturated heterocycles. The van der Waals surface area contributed by atoms with Crippen molar-refractivity contribution in [3.8, 4) is 0 Å². The summed E-state index contributed by atoms with van der Waals surface area (Å²) >= 11 is 0. The van der Waals surface area contributed by atoms with Gasteiger partial charge in [-0.25, -0.2) is 0 Å². The Labute approximate surface area is 241 Å². The van der Waals surface area contributed by atoms with E-state index in [1.807, 2.05) is 30.5 Å². The molecule has 0 aliphatic heterocycles. The molecule has 226 valence electrons. The van der Waals surface area contributed by atoms with E-state index in [0.29, 0.717) is 25.7 Å². The highest BCUT2D eigenvalue weighted by atomic mass is 16.6. The Hall–Kier alpha value is -3.66. The molecule has 0 aliphatic rings. The molecule has 0 aliphatic carbocycles. The number of carbonyl (C=O) groups excluding carboxylic acids is 4. The minimum Gasteiger partial charge on any atom is -0.456 e. The average Bonchev–Trinajstić information content (AvgIpc) is 3.35. The zero-order chi connectivity index (χ0) is 30.4. The Morgan fingerprint density at radius 1 is 0.902 bits per heavy atom. The summed E-state index contributed by atoms with van der Waals surface area (Å²) in [4.78, 5) is 54.2. The van der Waals surface area contributed by atoms with Gasteiger partial charge in [0.15, 0.2) is 18.0 Å². The summed E-state index contributed by atoms with van der Waals surface area (Å²) in [5, 5.41) is 11.2. The first-order chi connectivity index (χ1) is 19.6. The molecule has 0 saturated carbocycles. The first kappa shape index (κ1) is 33.5. The number of ether oxygens (including phenoxy) is 4. The summed E-state index contributed by atoms with van der Waals surface area (Å²) in [7, 11) is 0. The Bertz CT molecular complexity index is 1200. The lowest BCUT2D eigenvalue weighted by molar-refractivity contribution is -0.206. The van der Waals surface area contributed by atoms with Gasteiger partial charge >= 0.3 is 23.9 Å². The highest BCUT2D eigenvalue weighted by molar-refractivity contribution is 5.83. The summed E-state index contributed by atoms with van der Waals surface area (Å²) in [6.07, 6.45) is 2.35. The first-order valence-corrected chi connectivity index (χ1v) is 14.3. The zero-order valence-corrected chi connectivity index (χ0v) is 24.7. The fourth-order valence-electron chi connectivity index (χ4n) is 4.51. The lowest BCUT2D eigenvalue weighted by Gasteiger charge is -2.40. The molecule has 0 amide bonds. The molecule has 3 atom stereocenters. The number of rotatable bonds is 17. The van der Waals surface area contributed by atoms with E-state index in [4.69, 9.17) is 18.9 Å². The van der Waals surface area contributed by atoms with E-state index in [1.165, 1.54) is 13.0 Å². The maximum absolute atomic E-state index is 13.1. The summed E-state index contributed by atoms with van der Waals surface area (Å²) < 4.78 is 22.8. The number of benzene rings is 1. The number of aliphatic hydroxyl groups excluding tert-OH is 1. The van der Waals surface area contributed by atoms with Crippen LogP contribution in [0.15, 0.2) is 42.3 Å². The van der Waals surface area contributed by atoms with Crippen LogP contribution in [0.5, 0.6) is 0 Å². The highest BCUT2D eigenvalue weighted by Gasteiger charge is 2.51. The third kappa shape index (κ3) is 9.45. The minimum absolute atomic E-state index is 0.00732. The number of aromatic amines is 1. The number of para-hydroxylation sites is 1. The molecular formula is C31H43NO9. The number of carbonyl (C=O) groups is 4. The first-order valence-electron chi connectivity index (χ1n) is 14.3. The highest BCUT2D eigenvalue weighted by Crippen LogP contribution is 2.34. The fraction of sp³-hybridized carbons (Fsp3) is 0.548. The Kier molecular flexibility index (Phi) is 13.6. The van der Waals surface area contributed by atoms with E-state index in [-0.39, 0.29) is 31.4 Å². The number of hydrogen-bond donors (Lipinski definition) is 2. The molecule has 2 N–H and O–H groups in total. The Morgan fingerprint density at radius 3 is 2.12 bits per heavy atom. The lowest BCUT2D eigenvalue weighted by Crippen LogP contribution is -2.56. The molecule has 0 fully saturated rings. The second kappa shape index (κ2) is 16.6. The van der Waals surface area contributed by atoms with E-state index < -0.39 is 48.3 Å². The van der Waals surface area contributed by atoms with Crippen molar-refractivity contribution in [1.29, 1.82) is 0 Å². The molecule has 2 aromatic rings. The molecule has 2 rings (SSSR count). The second-order valence-corrected chi connectivity index (χ2v) is 9.94. The largest absolute Gasteiger partial charge is 0.456 e. The van der Waals surface area contributed by atoms with E-state index in [0.717, 1.165) is 16.5 Å². The van der Waals surface area contributed by atoms with Gasteiger partial charge in [-0.15, -0.1) is 0 Å². The average molecular weight is 574 g/mol. The molecule has 0 radical (unpaired) electrons. The van der Waals surface area contributed by atoms with Crippen LogP contribution in [0.25, 0.3) is 10.9 Å². The number of nitrogens with one attached hydrogen (secondary N) is 1. The molecule has 0 spiro atoms. The predicted molar refractivity (Wildman–Crippen MR) is 153 cm³/mol. The Balaban J connectivity index is 2.41. The molecule has 0 bridgehead atoms. The monoisotopic (exact) mass is 573 g/mol. The SMILES string of the molecule is C/C=C(\OC(=O)CCc1c[nH]c2ccccc12)C(C)(OC(=O)CCC)[C@@H](OC(=O)CCC)[C@@H](CO)OC(=O)CCC. The summed E-state index contributed by atoms with van der Waals surface area (Å²) in [6.45, 7) is 7.64. The Morgan fingerprint density at radius 2 is 1.51 bits per heavy atom. The van der Waals surface area contributed by atoms with E-state index >= 15 is 0 Å². The van der Waals surface area contributed by atoms with Gasteiger partial charge in [-0.05, 0) is 57.2 Å². The molecule has 10 heteroatoms. The normalized spacial score (nSPS) is 14.5. The topological polar surface area (TPSA) is 141 Å². The van der Waals surface area contributed by atoms with Gasteiger partial charge in [-0.3, -0.25) is 19.2 Å². The van der Waals surface area contributed by atoms with Crippen molar-refractivity contribution in [2.45, 2.75) is 104 Å². The summed E-state index contributed by atoms with van der Waals surface area (Å²) in [6, 6.07) is 7.73. The molecule has 1 aromatic carbocycles. The van der Waals surface area contributed by atoms with Gasteiger partial charge in [0.1, 0.15) is 0 Å². The molecule has 10 nitrogen and oxygen atoms in total. The van der Waals surface area contributed by atoms with Crippen molar-refractivity contribution in [2.24, 2.45) is 0 Å². The smallest absolute Gasteiger partial charge is 0.311 e. The number of H-pyrrole nitrogens is 1. The van der Waals surface area contributed by atoms with Crippen molar-refractivity contribution >= 4 is 34.8 Å². The van der Waals surface area contributed by atoms with Gasteiger partial charge in [0.2, 0.25) is 5.60 Å². The number of aromatic nitrogens is 1. The maximum atomic E-state index is 13.1. The summed E-state index contributed by atoms with van der Waals surface area (Å²) in [5.41, 5.74) is -0.0168. The van der Waals surface area contributed by atoms with Gasteiger partial charge in [-0.2, -0.15) is 0 Å². The molecule has 1 unspecified atom stereocenters. The standard InChI is InChI=1S/C31H43NO9/c1-6-12-26(34)38-24(20-33)30(40-27(35)13-7-2)31(5,41-29(37)14-8-3)25(9-4)39-28(36)18-17-21-19-32-23-16-11-10-15-22(21)23/h9-11,15-16,19,24,30,32-33H,6-8,12-14,17-18,20H2,1-5H3/b25-9-/t24-,30+,31?/m1/s1. The fourth-order valence-corrected chi connectivity index (χ4v) is 4.51. The van der Waals surface area contributed by atoms with E-state index in [2.05, 4.69) is 4.98 Å². The van der Waals surface area contributed by atoms with Crippen molar-refractivity contribution in [3.63, 3.8) is 0 Å². The van der Waals surface area contributed by atoms with Crippen LogP contribution in [0.3, 0.4) is 0 Å². The van der Waals surface area contributed by atoms with Gasteiger partial charge in [0.05, 0.1) is 13.0 Å². The minimum atomic E-state index is -1.90. The number of fused-ring (bicyclic) bond motifs is 1. The predicted octanol–water partition coefficient (Wildman–Crippen LogP) is 5.07. The number of allylic oxidation sites excluding steroid dienone is 1. The van der Waals surface area contributed by atoms with Crippen LogP contribution in [-0.4, -0.2) is 58.4 Å². The van der Waals surface area contributed by atoms with Crippen LogP contribution in [0.4, 0.5) is 0 Å². The maximum Gasteiger partial charge on any atom is 0.311 e. The number of aryl methyl sites for hydroxylation is 1. The van der Waals surface area contributed by atoms with Crippen LogP contribution in [0, 0.1) is 0 Å².